The Morgan fingerprint density at radius 2 is 1.71 bits per heavy atom. The third-order valence-corrected chi connectivity index (χ3v) is 2.88. The molecule has 0 saturated carbocycles. The quantitative estimate of drug-likeness (QED) is 0.712. The smallest absolute Gasteiger partial charge is 0.323 e. The van der Waals surface area contributed by atoms with Gasteiger partial charge in [-0.15, -0.1) is 0 Å². The fourth-order valence-corrected chi connectivity index (χ4v) is 1.81. The molecule has 0 aliphatic carbocycles. The van der Waals surface area contributed by atoms with Gasteiger partial charge in [0.25, 0.3) is 0 Å². The van der Waals surface area contributed by atoms with Crippen molar-refractivity contribution in [2.24, 2.45) is 11.8 Å². The van der Waals surface area contributed by atoms with Gasteiger partial charge >= 0.3 is 5.97 Å². The van der Waals surface area contributed by atoms with E-state index in [1.54, 1.807) is 0 Å². The maximum absolute atomic E-state index is 12.0. The van der Waals surface area contributed by atoms with E-state index >= 15 is 0 Å². The number of amides is 1. The predicted octanol–water partition coefficient (Wildman–Crippen LogP) is 2.38. The minimum atomic E-state index is -0.941. The third kappa shape index (κ3) is 6.97. The van der Waals surface area contributed by atoms with E-state index in [0.717, 1.165) is 12.8 Å². The van der Waals surface area contributed by atoms with Crippen molar-refractivity contribution in [3.05, 3.63) is 0 Å². The molecular formula is C13H25NO3. The summed E-state index contributed by atoms with van der Waals surface area (Å²) in [4.78, 5) is 24.2. The Labute approximate surface area is 104 Å². The first kappa shape index (κ1) is 15.9. The molecule has 4 nitrogen and oxygen atoms in total. The van der Waals surface area contributed by atoms with E-state index in [-0.39, 0.29) is 12.5 Å². The van der Waals surface area contributed by atoms with Gasteiger partial charge in [0.15, 0.2) is 0 Å². The molecule has 0 aromatic rings. The van der Waals surface area contributed by atoms with Crippen LogP contribution in [0, 0.1) is 11.8 Å². The van der Waals surface area contributed by atoms with Crippen molar-refractivity contribution >= 4 is 11.9 Å². The van der Waals surface area contributed by atoms with Gasteiger partial charge in [-0.25, -0.2) is 0 Å². The number of aliphatic carboxylic acids is 1. The molecule has 1 amide bonds. The molecule has 100 valence electrons. The van der Waals surface area contributed by atoms with Crippen LogP contribution < -0.4 is 0 Å². The van der Waals surface area contributed by atoms with Crippen LogP contribution in [-0.2, 0) is 9.59 Å². The molecule has 0 aliphatic rings. The maximum atomic E-state index is 12.0. The molecule has 0 bridgehead atoms. The number of carboxylic acids is 1. The third-order valence-electron chi connectivity index (χ3n) is 2.88. The number of carbonyl (C=O) groups is 2. The highest BCUT2D eigenvalue weighted by Gasteiger charge is 2.20. The van der Waals surface area contributed by atoms with Gasteiger partial charge in [0.2, 0.25) is 5.91 Å². The zero-order valence-electron chi connectivity index (χ0n) is 11.4. The monoisotopic (exact) mass is 243 g/mol. The molecule has 0 rings (SSSR count). The SMILES string of the molecule is CCC(CC)CC(=O)N(CC(=O)O)CC(C)C. The molecule has 0 aromatic heterocycles. The summed E-state index contributed by atoms with van der Waals surface area (Å²) in [6, 6.07) is 0. The molecule has 0 aliphatic heterocycles. The Bertz CT molecular complexity index is 247. The van der Waals surface area contributed by atoms with Crippen LogP contribution in [0.1, 0.15) is 47.0 Å². The lowest BCUT2D eigenvalue weighted by Gasteiger charge is -2.24. The van der Waals surface area contributed by atoms with Crippen LogP contribution in [0.2, 0.25) is 0 Å². The second-order valence-corrected chi connectivity index (χ2v) is 4.95. The van der Waals surface area contributed by atoms with Gasteiger partial charge in [0.1, 0.15) is 6.54 Å². The summed E-state index contributed by atoms with van der Waals surface area (Å²) in [7, 11) is 0. The number of hydrogen-bond acceptors (Lipinski definition) is 2. The Balaban J connectivity index is 4.45. The van der Waals surface area contributed by atoms with Crippen molar-refractivity contribution in [2.75, 3.05) is 13.1 Å². The van der Waals surface area contributed by atoms with Gasteiger partial charge in [0, 0.05) is 13.0 Å². The molecular weight excluding hydrogens is 218 g/mol. The average Bonchev–Trinajstić information content (AvgIpc) is 2.23. The summed E-state index contributed by atoms with van der Waals surface area (Å²) in [6.07, 6.45) is 2.39. The summed E-state index contributed by atoms with van der Waals surface area (Å²) in [6.45, 7) is 8.43. The molecule has 0 saturated heterocycles. The Kier molecular flexibility index (Phi) is 7.59. The molecule has 1 N–H and O–H groups in total. The van der Waals surface area contributed by atoms with Crippen LogP contribution in [0.15, 0.2) is 0 Å². The molecule has 0 fully saturated rings. The number of rotatable bonds is 8. The highest BCUT2D eigenvalue weighted by Crippen LogP contribution is 2.14. The summed E-state index contributed by atoms with van der Waals surface area (Å²) in [5, 5.41) is 8.80. The van der Waals surface area contributed by atoms with E-state index in [0.29, 0.717) is 24.8 Å². The van der Waals surface area contributed by atoms with Crippen LogP contribution in [-0.4, -0.2) is 35.0 Å². The van der Waals surface area contributed by atoms with Crippen LogP contribution in [0.3, 0.4) is 0 Å². The van der Waals surface area contributed by atoms with Crippen molar-refractivity contribution in [3.8, 4) is 0 Å². The van der Waals surface area contributed by atoms with Crippen molar-refractivity contribution in [1.29, 1.82) is 0 Å². The molecule has 0 unspecified atom stereocenters. The minimum absolute atomic E-state index is 0.0326. The van der Waals surface area contributed by atoms with Gasteiger partial charge in [-0.05, 0) is 11.8 Å². The largest absolute Gasteiger partial charge is 0.480 e. The van der Waals surface area contributed by atoms with Crippen molar-refractivity contribution in [2.45, 2.75) is 47.0 Å². The van der Waals surface area contributed by atoms with Crippen LogP contribution in [0.4, 0.5) is 0 Å². The van der Waals surface area contributed by atoms with Crippen molar-refractivity contribution in [3.63, 3.8) is 0 Å². The van der Waals surface area contributed by atoms with Crippen molar-refractivity contribution in [1.82, 2.24) is 4.90 Å². The van der Waals surface area contributed by atoms with E-state index in [1.165, 1.54) is 4.90 Å². The van der Waals surface area contributed by atoms with E-state index in [9.17, 15) is 9.59 Å². The maximum Gasteiger partial charge on any atom is 0.323 e. The van der Waals surface area contributed by atoms with E-state index in [2.05, 4.69) is 13.8 Å². The lowest BCUT2D eigenvalue weighted by atomic mass is 9.98. The normalized spacial score (nSPS) is 10.9. The second-order valence-electron chi connectivity index (χ2n) is 4.95. The molecule has 17 heavy (non-hydrogen) atoms. The van der Waals surface area contributed by atoms with Crippen LogP contribution in [0.25, 0.3) is 0 Å². The van der Waals surface area contributed by atoms with Gasteiger partial charge in [-0.3, -0.25) is 9.59 Å². The highest BCUT2D eigenvalue weighted by atomic mass is 16.4. The standard InChI is InChI=1S/C13H25NO3/c1-5-11(6-2)7-12(15)14(8-10(3)4)9-13(16)17/h10-11H,5-9H2,1-4H3,(H,16,17). The predicted molar refractivity (Wildman–Crippen MR) is 67.7 cm³/mol. The fraction of sp³-hybridized carbons (Fsp3) is 0.846. The first-order valence-electron chi connectivity index (χ1n) is 6.40. The number of carbonyl (C=O) groups excluding carboxylic acids is 1. The topological polar surface area (TPSA) is 57.6 Å². The Morgan fingerprint density at radius 1 is 1.18 bits per heavy atom. The van der Waals surface area contributed by atoms with Gasteiger partial charge in [-0.2, -0.15) is 0 Å². The summed E-state index contributed by atoms with van der Waals surface area (Å²) < 4.78 is 0. The highest BCUT2D eigenvalue weighted by molar-refractivity contribution is 5.81. The number of hydrogen-bond donors (Lipinski definition) is 1. The average molecular weight is 243 g/mol. The summed E-state index contributed by atoms with van der Waals surface area (Å²) in [5.41, 5.74) is 0. The van der Waals surface area contributed by atoms with Crippen LogP contribution >= 0.6 is 0 Å². The second kappa shape index (κ2) is 8.09. The molecule has 0 aromatic carbocycles. The fourth-order valence-electron chi connectivity index (χ4n) is 1.81. The molecule has 0 atom stereocenters. The van der Waals surface area contributed by atoms with E-state index in [4.69, 9.17) is 5.11 Å². The van der Waals surface area contributed by atoms with Crippen molar-refractivity contribution < 1.29 is 14.7 Å². The minimum Gasteiger partial charge on any atom is -0.480 e. The van der Waals surface area contributed by atoms with E-state index < -0.39 is 5.97 Å². The Hall–Kier alpha value is -1.06. The van der Waals surface area contributed by atoms with Gasteiger partial charge < -0.3 is 10.0 Å². The number of nitrogens with zero attached hydrogens (tertiary/aromatic N) is 1. The first-order valence-corrected chi connectivity index (χ1v) is 6.40. The van der Waals surface area contributed by atoms with Gasteiger partial charge in [0.05, 0.1) is 0 Å². The lowest BCUT2D eigenvalue weighted by Crippen LogP contribution is -2.39. The number of carboxylic acid groups (broad SMARTS) is 1. The lowest BCUT2D eigenvalue weighted by molar-refractivity contribution is -0.145. The summed E-state index contributed by atoms with van der Waals surface area (Å²) in [5.74, 6) is -0.315. The van der Waals surface area contributed by atoms with E-state index in [1.807, 2.05) is 13.8 Å². The molecule has 0 spiro atoms. The molecule has 0 heterocycles. The molecule has 4 heteroatoms. The molecule has 0 radical (unpaired) electrons. The zero-order chi connectivity index (χ0) is 13.4. The zero-order valence-corrected chi connectivity index (χ0v) is 11.4. The summed E-state index contributed by atoms with van der Waals surface area (Å²) >= 11 is 0. The van der Waals surface area contributed by atoms with Gasteiger partial charge in [-0.1, -0.05) is 40.5 Å². The first-order chi connectivity index (χ1) is 7.90. The van der Waals surface area contributed by atoms with Crippen LogP contribution in [0.5, 0.6) is 0 Å². The Morgan fingerprint density at radius 3 is 2.06 bits per heavy atom.